The zero-order valence-electron chi connectivity index (χ0n) is 17.7. The Bertz CT molecular complexity index is 1020. The molecule has 2 atom stereocenters. The summed E-state index contributed by atoms with van der Waals surface area (Å²) in [4.78, 5) is 37.2. The number of nitrogens with zero attached hydrogens (tertiary/aromatic N) is 1. The van der Waals surface area contributed by atoms with Gasteiger partial charge >= 0.3 is 12.1 Å². The number of aliphatic carboxylic acids is 1. The van der Waals surface area contributed by atoms with E-state index in [0.717, 1.165) is 6.42 Å². The number of carboxylic acids is 1. The molecule has 2 aromatic carbocycles. The number of hydrogen-bond donors (Lipinski definition) is 2. The average molecular weight is 434 g/mol. The summed E-state index contributed by atoms with van der Waals surface area (Å²) in [6.07, 6.45) is 0.402. The van der Waals surface area contributed by atoms with E-state index in [9.17, 15) is 14.4 Å². The van der Waals surface area contributed by atoms with Gasteiger partial charge in [0.2, 0.25) is 5.91 Å². The minimum atomic E-state index is -0.821. The molecule has 2 fully saturated rings. The molecule has 1 heterocycles. The van der Waals surface area contributed by atoms with Gasteiger partial charge in [-0.1, -0.05) is 48.5 Å². The predicted molar refractivity (Wildman–Crippen MR) is 117 cm³/mol. The predicted octanol–water partition coefficient (Wildman–Crippen LogP) is 3.09. The molecule has 0 bridgehead atoms. The van der Waals surface area contributed by atoms with Crippen LogP contribution in [0, 0.1) is 17.8 Å². The SMILES string of the molecule is O=C(O)CC1CN(C(=O)C2CC2CNC(=O)OCC2c3ccccc3-c3ccccc32)C1. The van der Waals surface area contributed by atoms with Crippen LogP contribution >= 0.6 is 0 Å². The monoisotopic (exact) mass is 434 g/mol. The van der Waals surface area contributed by atoms with Crippen LogP contribution in [0.1, 0.15) is 29.9 Å². The number of amides is 2. The lowest BCUT2D eigenvalue weighted by molar-refractivity contribution is -0.145. The van der Waals surface area contributed by atoms with Crippen molar-refractivity contribution in [1.29, 1.82) is 0 Å². The Morgan fingerprint density at radius 1 is 1.00 bits per heavy atom. The van der Waals surface area contributed by atoms with Crippen molar-refractivity contribution in [2.24, 2.45) is 17.8 Å². The zero-order chi connectivity index (χ0) is 22.2. The van der Waals surface area contributed by atoms with E-state index in [1.165, 1.54) is 22.3 Å². The molecular weight excluding hydrogens is 408 g/mol. The van der Waals surface area contributed by atoms with Crippen LogP contribution in [0.25, 0.3) is 11.1 Å². The van der Waals surface area contributed by atoms with Gasteiger partial charge in [0.15, 0.2) is 0 Å². The first-order chi connectivity index (χ1) is 15.5. The smallest absolute Gasteiger partial charge is 0.407 e. The second-order valence-electron chi connectivity index (χ2n) is 9.02. The quantitative estimate of drug-likeness (QED) is 0.698. The average Bonchev–Trinajstić information content (AvgIpc) is 3.48. The van der Waals surface area contributed by atoms with E-state index in [0.29, 0.717) is 19.6 Å². The van der Waals surface area contributed by atoms with Crippen LogP contribution in [-0.4, -0.2) is 54.2 Å². The van der Waals surface area contributed by atoms with E-state index in [4.69, 9.17) is 9.84 Å². The van der Waals surface area contributed by atoms with Crippen LogP contribution < -0.4 is 5.32 Å². The number of alkyl carbamates (subject to hydrolysis) is 1. The first kappa shape index (κ1) is 20.5. The number of hydrogen-bond acceptors (Lipinski definition) is 4. The Kier molecular flexibility index (Phi) is 5.33. The molecule has 0 spiro atoms. The highest BCUT2D eigenvalue weighted by molar-refractivity contribution is 5.83. The fourth-order valence-corrected chi connectivity index (χ4v) is 5.00. The molecule has 7 nitrogen and oxygen atoms in total. The molecule has 0 aromatic heterocycles. The van der Waals surface area contributed by atoms with Crippen molar-refractivity contribution >= 4 is 18.0 Å². The minimum absolute atomic E-state index is 0.0218. The number of carbonyl (C=O) groups is 3. The molecule has 3 aliphatic rings. The molecule has 2 aliphatic carbocycles. The Hall–Kier alpha value is -3.35. The number of likely N-dealkylation sites (tertiary alicyclic amines) is 1. The molecule has 32 heavy (non-hydrogen) atoms. The molecule has 7 heteroatoms. The standard InChI is InChI=1S/C25H26N2O5/c28-23(29)9-15-12-27(13-15)24(30)21-10-16(21)11-26-25(31)32-14-22-19-7-3-1-5-17(19)18-6-2-4-8-20(18)22/h1-8,15-16,21-22H,9-14H2,(H,26,31)(H,28,29). The van der Waals surface area contributed by atoms with E-state index < -0.39 is 12.1 Å². The maximum atomic E-state index is 12.4. The van der Waals surface area contributed by atoms with E-state index >= 15 is 0 Å². The van der Waals surface area contributed by atoms with Gasteiger partial charge in [-0.2, -0.15) is 0 Å². The summed E-state index contributed by atoms with van der Waals surface area (Å²) < 4.78 is 5.54. The van der Waals surface area contributed by atoms with Crippen molar-refractivity contribution in [3.63, 3.8) is 0 Å². The van der Waals surface area contributed by atoms with Gasteiger partial charge in [-0.05, 0) is 34.6 Å². The van der Waals surface area contributed by atoms with Gasteiger partial charge in [-0.3, -0.25) is 9.59 Å². The summed E-state index contributed by atoms with van der Waals surface area (Å²) in [6.45, 7) is 1.73. The lowest BCUT2D eigenvalue weighted by Crippen LogP contribution is -2.51. The van der Waals surface area contributed by atoms with Crippen LogP contribution in [0.2, 0.25) is 0 Å². The molecule has 2 N–H and O–H groups in total. The second-order valence-corrected chi connectivity index (χ2v) is 9.02. The van der Waals surface area contributed by atoms with Crippen LogP contribution in [0.3, 0.4) is 0 Å². The third-order valence-electron chi connectivity index (χ3n) is 6.82. The number of fused-ring (bicyclic) bond motifs is 3. The summed E-state index contributed by atoms with van der Waals surface area (Å²) in [5.74, 6) is -0.609. The van der Waals surface area contributed by atoms with Crippen LogP contribution in [0.4, 0.5) is 4.79 Å². The van der Waals surface area contributed by atoms with E-state index in [2.05, 4.69) is 29.6 Å². The zero-order valence-corrected chi connectivity index (χ0v) is 17.7. The van der Waals surface area contributed by atoms with Crippen molar-refractivity contribution in [2.45, 2.75) is 18.8 Å². The van der Waals surface area contributed by atoms with Crippen LogP contribution in [-0.2, 0) is 14.3 Å². The second kappa shape index (κ2) is 8.30. The van der Waals surface area contributed by atoms with Crippen molar-refractivity contribution in [3.8, 4) is 11.1 Å². The van der Waals surface area contributed by atoms with Gasteiger partial charge in [-0.25, -0.2) is 4.79 Å². The third-order valence-corrected chi connectivity index (χ3v) is 6.82. The first-order valence-corrected chi connectivity index (χ1v) is 11.1. The number of rotatable bonds is 7. The van der Waals surface area contributed by atoms with Crippen molar-refractivity contribution in [1.82, 2.24) is 10.2 Å². The summed E-state index contributed by atoms with van der Waals surface area (Å²) in [7, 11) is 0. The largest absolute Gasteiger partial charge is 0.481 e. The van der Waals surface area contributed by atoms with Crippen molar-refractivity contribution in [3.05, 3.63) is 59.7 Å². The Morgan fingerprint density at radius 2 is 1.62 bits per heavy atom. The number of benzene rings is 2. The molecule has 0 radical (unpaired) electrons. The molecule has 166 valence electrons. The van der Waals surface area contributed by atoms with Crippen LogP contribution in [0.15, 0.2) is 48.5 Å². The van der Waals surface area contributed by atoms with Gasteiger partial charge in [0.25, 0.3) is 0 Å². The van der Waals surface area contributed by atoms with Gasteiger partial charge in [0.1, 0.15) is 6.61 Å². The molecular formula is C25H26N2O5. The molecule has 2 unspecified atom stereocenters. The molecule has 1 saturated heterocycles. The maximum Gasteiger partial charge on any atom is 0.407 e. The molecule has 2 aromatic rings. The molecule has 2 amide bonds. The Labute approximate surface area is 186 Å². The lowest BCUT2D eigenvalue weighted by Gasteiger charge is -2.38. The Morgan fingerprint density at radius 3 is 2.25 bits per heavy atom. The van der Waals surface area contributed by atoms with Crippen molar-refractivity contribution in [2.75, 3.05) is 26.2 Å². The normalized spacial score (nSPS) is 21.3. The molecule has 1 aliphatic heterocycles. The third kappa shape index (κ3) is 3.95. The highest BCUT2D eigenvalue weighted by Crippen LogP contribution is 2.44. The highest BCUT2D eigenvalue weighted by atomic mass is 16.5. The number of carbonyl (C=O) groups excluding carboxylic acids is 2. The number of carboxylic acid groups (broad SMARTS) is 1. The molecule has 5 rings (SSSR count). The summed E-state index contributed by atoms with van der Waals surface area (Å²) in [5, 5.41) is 11.6. The summed E-state index contributed by atoms with van der Waals surface area (Å²) in [6, 6.07) is 16.4. The van der Waals surface area contributed by atoms with E-state index in [1.54, 1.807) is 4.90 Å². The van der Waals surface area contributed by atoms with Gasteiger partial charge < -0.3 is 20.1 Å². The molecule has 1 saturated carbocycles. The maximum absolute atomic E-state index is 12.4. The van der Waals surface area contributed by atoms with Crippen LogP contribution in [0.5, 0.6) is 0 Å². The highest BCUT2D eigenvalue weighted by Gasteiger charge is 2.47. The first-order valence-electron chi connectivity index (χ1n) is 11.1. The van der Waals surface area contributed by atoms with E-state index in [1.807, 2.05) is 24.3 Å². The fraction of sp³-hybridized carbons (Fsp3) is 0.400. The van der Waals surface area contributed by atoms with Crippen molar-refractivity contribution < 1.29 is 24.2 Å². The van der Waals surface area contributed by atoms with Gasteiger partial charge in [0.05, 0.1) is 6.42 Å². The summed E-state index contributed by atoms with van der Waals surface area (Å²) in [5.41, 5.74) is 4.72. The summed E-state index contributed by atoms with van der Waals surface area (Å²) >= 11 is 0. The number of ether oxygens (including phenoxy) is 1. The topological polar surface area (TPSA) is 95.9 Å². The van der Waals surface area contributed by atoms with Gasteiger partial charge in [0, 0.05) is 37.4 Å². The minimum Gasteiger partial charge on any atom is -0.481 e. The van der Waals surface area contributed by atoms with Gasteiger partial charge in [-0.15, -0.1) is 0 Å². The Balaban J connectivity index is 1.08. The lowest BCUT2D eigenvalue weighted by atomic mass is 9.96. The van der Waals surface area contributed by atoms with E-state index in [-0.39, 0.29) is 42.6 Å². The fourth-order valence-electron chi connectivity index (χ4n) is 5.00. The number of nitrogens with one attached hydrogen (secondary N) is 1.